The van der Waals surface area contributed by atoms with Crippen LogP contribution in [0.15, 0.2) is 34.3 Å². The van der Waals surface area contributed by atoms with Crippen LogP contribution >= 0.6 is 15.9 Å². The number of ether oxygens (including phenoxy) is 1. The van der Waals surface area contributed by atoms with E-state index >= 15 is 0 Å². The average Bonchev–Trinajstić information content (AvgIpc) is 2.41. The number of amides is 1. The number of anilines is 1. The molecule has 0 aromatic heterocycles. The van der Waals surface area contributed by atoms with Crippen molar-refractivity contribution in [2.75, 3.05) is 11.9 Å². The number of hydrogen-bond donors (Lipinski definition) is 1. The van der Waals surface area contributed by atoms with E-state index in [1.165, 1.54) is 0 Å². The Morgan fingerprint density at radius 3 is 2.60 bits per heavy atom. The van der Waals surface area contributed by atoms with Crippen molar-refractivity contribution < 1.29 is 14.3 Å². The standard InChI is InChI=1S/C15H18BrNO3/c1-4-6-10(3)14(18)17-13-8-7-11(9-12(13)16)15(19)20-5-2/h6-9H,4-5H2,1-3H3,(H,17,18)/b10-6+. The molecule has 108 valence electrons. The third-order valence-corrected chi connectivity index (χ3v) is 3.25. The van der Waals surface area contributed by atoms with Gasteiger partial charge in [-0.2, -0.15) is 0 Å². The van der Waals surface area contributed by atoms with E-state index in [-0.39, 0.29) is 11.9 Å². The number of rotatable bonds is 5. The Kier molecular flexibility index (Phi) is 6.45. The number of allylic oxidation sites excluding steroid dienone is 1. The molecule has 0 fully saturated rings. The summed E-state index contributed by atoms with van der Waals surface area (Å²) in [5.41, 5.74) is 1.72. The quantitative estimate of drug-likeness (QED) is 0.653. The average molecular weight is 340 g/mol. The van der Waals surface area contributed by atoms with Gasteiger partial charge in [0.2, 0.25) is 0 Å². The number of hydrogen-bond acceptors (Lipinski definition) is 3. The largest absolute Gasteiger partial charge is 0.462 e. The highest BCUT2D eigenvalue weighted by atomic mass is 79.9. The van der Waals surface area contributed by atoms with Crippen molar-refractivity contribution in [2.45, 2.75) is 27.2 Å². The molecule has 0 saturated carbocycles. The molecule has 0 spiro atoms. The Labute approximate surface area is 127 Å². The predicted octanol–water partition coefficient (Wildman–Crippen LogP) is 3.92. The summed E-state index contributed by atoms with van der Waals surface area (Å²) in [6.07, 6.45) is 2.67. The monoisotopic (exact) mass is 339 g/mol. The van der Waals surface area contributed by atoms with Gasteiger partial charge in [-0.1, -0.05) is 13.0 Å². The molecule has 1 aromatic carbocycles. The van der Waals surface area contributed by atoms with Gasteiger partial charge >= 0.3 is 5.97 Å². The van der Waals surface area contributed by atoms with Crippen LogP contribution in [0.3, 0.4) is 0 Å². The Morgan fingerprint density at radius 2 is 2.05 bits per heavy atom. The van der Waals surface area contributed by atoms with Crippen LogP contribution in [-0.4, -0.2) is 18.5 Å². The molecule has 0 unspecified atom stereocenters. The first-order chi connectivity index (χ1) is 9.49. The molecular weight excluding hydrogens is 322 g/mol. The van der Waals surface area contributed by atoms with Gasteiger partial charge in [0.1, 0.15) is 0 Å². The second-order valence-electron chi connectivity index (χ2n) is 4.16. The van der Waals surface area contributed by atoms with Crippen molar-refractivity contribution in [3.8, 4) is 0 Å². The first-order valence-electron chi connectivity index (χ1n) is 6.44. The number of halogens is 1. The summed E-state index contributed by atoms with van der Waals surface area (Å²) < 4.78 is 5.56. The molecule has 1 aromatic rings. The highest BCUT2D eigenvalue weighted by molar-refractivity contribution is 9.10. The maximum atomic E-state index is 11.9. The number of carbonyl (C=O) groups is 2. The molecule has 0 aliphatic rings. The van der Waals surface area contributed by atoms with Crippen LogP contribution in [0.5, 0.6) is 0 Å². The van der Waals surface area contributed by atoms with Crippen molar-refractivity contribution in [1.82, 2.24) is 0 Å². The molecule has 5 heteroatoms. The maximum Gasteiger partial charge on any atom is 0.338 e. The number of carbonyl (C=O) groups excluding carboxylic acids is 2. The first-order valence-corrected chi connectivity index (χ1v) is 7.23. The molecule has 0 atom stereocenters. The summed E-state index contributed by atoms with van der Waals surface area (Å²) >= 11 is 3.34. The van der Waals surface area contributed by atoms with Crippen molar-refractivity contribution in [3.05, 3.63) is 39.9 Å². The van der Waals surface area contributed by atoms with Crippen LogP contribution in [0, 0.1) is 0 Å². The Morgan fingerprint density at radius 1 is 1.35 bits per heavy atom. The molecule has 1 rings (SSSR count). The zero-order chi connectivity index (χ0) is 15.1. The summed E-state index contributed by atoms with van der Waals surface area (Å²) in [6.45, 7) is 5.82. The molecule has 20 heavy (non-hydrogen) atoms. The minimum absolute atomic E-state index is 0.156. The van der Waals surface area contributed by atoms with Gasteiger partial charge in [-0.25, -0.2) is 4.79 Å². The van der Waals surface area contributed by atoms with Crippen LogP contribution in [0.2, 0.25) is 0 Å². The fraction of sp³-hybridized carbons (Fsp3) is 0.333. The first kappa shape index (κ1) is 16.4. The molecule has 0 radical (unpaired) electrons. The van der Waals surface area contributed by atoms with E-state index in [0.29, 0.717) is 27.9 Å². The Bertz CT molecular complexity index is 538. The fourth-order valence-corrected chi connectivity index (χ4v) is 2.06. The Balaban J connectivity index is 2.86. The lowest BCUT2D eigenvalue weighted by Crippen LogP contribution is -2.13. The number of benzene rings is 1. The van der Waals surface area contributed by atoms with Gasteiger partial charge in [0, 0.05) is 10.0 Å². The fourth-order valence-electron chi connectivity index (χ4n) is 1.58. The summed E-state index contributed by atoms with van der Waals surface area (Å²) in [5, 5.41) is 2.79. The second-order valence-corrected chi connectivity index (χ2v) is 5.02. The van der Waals surface area contributed by atoms with Crippen LogP contribution in [0.4, 0.5) is 5.69 Å². The van der Waals surface area contributed by atoms with Crippen LogP contribution in [0.25, 0.3) is 0 Å². The van der Waals surface area contributed by atoms with Crippen molar-refractivity contribution >= 4 is 33.5 Å². The van der Waals surface area contributed by atoms with Gasteiger partial charge in [0.15, 0.2) is 0 Å². The molecule has 1 amide bonds. The third-order valence-electron chi connectivity index (χ3n) is 2.60. The maximum absolute atomic E-state index is 11.9. The van der Waals surface area contributed by atoms with Crippen LogP contribution in [-0.2, 0) is 9.53 Å². The highest BCUT2D eigenvalue weighted by Gasteiger charge is 2.11. The van der Waals surface area contributed by atoms with Crippen molar-refractivity contribution in [3.63, 3.8) is 0 Å². The molecule has 0 aliphatic heterocycles. The lowest BCUT2D eigenvalue weighted by atomic mass is 10.2. The molecule has 0 heterocycles. The number of esters is 1. The zero-order valence-corrected chi connectivity index (χ0v) is 13.4. The van der Waals surface area contributed by atoms with Crippen LogP contribution < -0.4 is 5.32 Å². The van der Waals surface area contributed by atoms with Gasteiger partial charge in [-0.15, -0.1) is 0 Å². The van der Waals surface area contributed by atoms with E-state index in [1.807, 2.05) is 13.0 Å². The smallest absolute Gasteiger partial charge is 0.338 e. The highest BCUT2D eigenvalue weighted by Crippen LogP contribution is 2.24. The van der Waals surface area contributed by atoms with Gasteiger partial charge in [0.05, 0.1) is 17.9 Å². The van der Waals surface area contributed by atoms with E-state index in [9.17, 15) is 9.59 Å². The summed E-state index contributed by atoms with van der Waals surface area (Å²) in [5.74, 6) is -0.537. The van der Waals surface area contributed by atoms with E-state index in [2.05, 4.69) is 21.2 Å². The summed E-state index contributed by atoms with van der Waals surface area (Å²) in [6, 6.07) is 4.93. The van der Waals surface area contributed by atoms with Crippen LogP contribution in [0.1, 0.15) is 37.6 Å². The normalized spacial score (nSPS) is 11.1. The minimum atomic E-state index is -0.381. The third kappa shape index (κ3) is 4.49. The molecule has 1 N–H and O–H groups in total. The van der Waals surface area contributed by atoms with Gasteiger partial charge in [-0.3, -0.25) is 4.79 Å². The molecule has 0 bridgehead atoms. The zero-order valence-electron chi connectivity index (χ0n) is 11.8. The molecular formula is C15H18BrNO3. The summed E-state index contributed by atoms with van der Waals surface area (Å²) in [4.78, 5) is 23.5. The van der Waals surface area contributed by atoms with E-state index in [4.69, 9.17) is 4.74 Å². The van der Waals surface area contributed by atoms with E-state index in [1.54, 1.807) is 32.0 Å². The topological polar surface area (TPSA) is 55.4 Å². The Hall–Kier alpha value is -1.62. The SMILES string of the molecule is CC/C=C(\C)C(=O)Nc1ccc(C(=O)OCC)cc1Br. The molecule has 0 aliphatic carbocycles. The van der Waals surface area contributed by atoms with Gasteiger partial charge < -0.3 is 10.1 Å². The van der Waals surface area contributed by atoms with Crippen molar-refractivity contribution in [1.29, 1.82) is 0 Å². The summed E-state index contributed by atoms with van der Waals surface area (Å²) in [7, 11) is 0. The minimum Gasteiger partial charge on any atom is -0.462 e. The predicted molar refractivity (Wildman–Crippen MR) is 82.8 cm³/mol. The van der Waals surface area contributed by atoms with E-state index in [0.717, 1.165) is 6.42 Å². The molecule has 4 nitrogen and oxygen atoms in total. The van der Waals surface area contributed by atoms with Crippen molar-refractivity contribution in [2.24, 2.45) is 0 Å². The van der Waals surface area contributed by atoms with E-state index < -0.39 is 0 Å². The molecule has 0 saturated heterocycles. The van der Waals surface area contributed by atoms with Gasteiger partial charge in [0.25, 0.3) is 5.91 Å². The number of nitrogens with one attached hydrogen (secondary N) is 1. The van der Waals surface area contributed by atoms with Gasteiger partial charge in [-0.05, 0) is 54.4 Å². The second kappa shape index (κ2) is 7.85. The lowest BCUT2D eigenvalue weighted by molar-refractivity contribution is -0.112. The lowest BCUT2D eigenvalue weighted by Gasteiger charge is -2.09.